The summed E-state index contributed by atoms with van der Waals surface area (Å²) in [5, 5.41) is 27.2. The predicted octanol–water partition coefficient (Wildman–Crippen LogP) is 7.40. The van der Waals surface area contributed by atoms with Gasteiger partial charge in [-0.2, -0.15) is 10.5 Å². The van der Waals surface area contributed by atoms with Crippen LogP contribution in [0, 0.1) is 22.7 Å². The van der Waals surface area contributed by atoms with Crippen molar-refractivity contribution in [1.82, 2.24) is 19.4 Å². The van der Waals surface area contributed by atoms with E-state index in [1.807, 2.05) is 65.9 Å². The molecular formula is C39H48N8O6. The molecule has 6 rings (SSSR count). The van der Waals surface area contributed by atoms with Crippen LogP contribution in [0.3, 0.4) is 0 Å². The van der Waals surface area contributed by atoms with E-state index >= 15 is 0 Å². The van der Waals surface area contributed by atoms with Crippen LogP contribution in [-0.2, 0) is 14.2 Å². The summed E-state index contributed by atoms with van der Waals surface area (Å²) in [6.07, 6.45) is 2.29. The molecular weight excluding hydrogens is 676 g/mol. The van der Waals surface area contributed by atoms with Crippen molar-refractivity contribution < 1.29 is 28.6 Å². The maximum absolute atomic E-state index is 12.6. The Morgan fingerprint density at radius 3 is 1.58 bits per heavy atom. The molecule has 4 aromatic rings. The van der Waals surface area contributed by atoms with Gasteiger partial charge in [-0.15, -0.1) is 0 Å². The molecule has 0 unspecified atom stereocenters. The van der Waals surface area contributed by atoms with Gasteiger partial charge in [0.25, 0.3) is 0 Å². The average molecular weight is 725 g/mol. The molecule has 53 heavy (non-hydrogen) atoms. The Morgan fingerprint density at radius 2 is 1.11 bits per heavy atom. The third kappa shape index (κ3) is 9.32. The molecule has 280 valence electrons. The second kappa shape index (κ2) is 14.6. The number of carbonyl (C=O) groups excluding carboxylic acids is 3. The van der Waals surface area contributed by atoms with E-state index in [2.05, 4.69) is 27.8 Å². The number of carbonyl (C=O) groups is 3. The minimum absolute atomic E-state index is 0.0542. The molecule has 0 aliphatic carbocycles. The number of ether oxygens (including phenoxy) is 3. The first-order chi connectivity index (χ1) is 24.7. The summed E-state index contributed by atoms with van der Waals surface area (Å²) < 4.78 is 17.5. The molecule has 0 saturated carbocycles. The number of amides is 2. The van der Waals surface area contributed by atoms with E-state index < -0.39 is 22.9 Å². The number of aromatic amines is 1. The predicted molar refractivity (Wildman–Crippen MR) is 202 cm³/mol. The van der Waals surface area contributed by atoms with Crippen molar-refractivity contribution in [2.75, 3.05) is 36.8 Å². The molecule has 2 fully saturated rings. The van der Waals surface area contributed by atoms with Gasteiger partial charge in [0.2, 0.25) is 0 Å². The third-order valence-electron chi connectivity index (χ3n) is 8.19. The number of nitrogens with zero attached hydrogens (tertiary/aromatic N) is 5. The van der Waals surface area contributed by atoms with Crippen molar-refractivity contribution in [3.05, 3.63) is 59.9 Å². The van der Waals surface area contributed by atoms with E-state index in [0.717, 1.165) is 27.7 Å². The molecule has 14 nitrogen and oxygen atoms in total. The molecule has 0 atom stereocenters. The van der Waals surface area contributed by atoms with E-state index in [4.69, 9.17) is 19.5 Å². The van der Waals surface area contributed by atoms with Crippen LogP contribution in [-0.4, -0.2) is 92.7 Å². The van der Waals surface area contributed by atoms with Crippen LogP contribution in [0.4, 0.5) is 25.8 Å². The zero-order valence-electron chi connectivity index (χ0n) is 31.8. The first-order valence-electron chi connectivity index (χ1n) is 17.5. The highest BCUT2D eigenvalue weighted by atomic mass is 16.6. The fourth-order valence-corrected chi connectivity index (χ4v) is 5.85. The molecule has 14 heteroatoms. The van der Waals surface area contributed by atoms with Crippen molar-refractivity contribution in [2.24, 2.45) is 0 Å². The lowest BCUT2D eigenvalue weighted by atomic mass is 10.1. The smallest absolute Gasteiger partial charge is 0.419 e. The van der Waals surface area contributed by atoms with Gasteiger partial charge in [0.15, 0.2) is 0 Å². The molecule has 2 amide bonds. The number of likely N-dealkylation sites (tertiary alicyclic amines) is 2. The number of fused-ring (bicyclic) bond motifs is 2. The number of aromatic nitrogens is 2. The molecule has 2 saturated heterocycles. The normalized spacial score (nSPS) is 14.9. The zero-order chi connectivity index (χ0) is 38.9. The van der Waals surface area contributed by atoms with Crippen molar-refractivity contribution in [3.63, 3.8) is 0 Å². The SMILES string of the molecule is CC(C)(C)OC(=O)N1CC(Nc2ccc(C#N)c3[nH]ccc23)C1.CC(C)(C)OC(=O)N1CC(Nc2ccc(C#N)c3c2ccn3C(=O)OC(C)(C)C)C1. The maximum atomic E-state index is 12.6. The first-order valence-corrected chi connectivity index (χ1v) is 17.5. The van der Waals surface area contributed by atoms with E-state index in [-0.39, 0.29) is 24.3 Å². The quantitative estimate of drug-likeness (QED) is 0.180. The van der Waals surface area contributed by atoms with Crippen LogP contribution in [0.5, 0.6) is 0 Å². The second-order valence-electron chi connectivity index (χ2n) is 16.2. The van der Waals surface area contributed by atoms with Gasteiger partial charge >= 0.3 is 18.3 Å². The first kappa shape index (κ1) is 38.3. The Morgan fingerprint density at radius 1 is 0.660 bits per heavy atom. The minimum Gasteiger partial charge on any atom is -0.444 e. The summed E-state index contributed by atoms with van der Waals surface area (Å²) in [7, 11) is 0. The standard InChI is InChI=1S/C22H28N4O4.C17H20N4O2/c1-21(2,3)29-19(27)25-12-15(13-25)24-17-8-7-14(11-23)18-16(17)9-10-26(18)20(28)30-22(4,5)6;1-17(2,3)23-16(22)21-9-12(10-21)20-14-5-4-11(8-18)15-13(14)6-7-19-15/h7-10,15,24H,12-13H2,1-6H3;4-7,12,19-20H,9-10H2,1-3H3. The van der Waals surface area contributed by atoms with E-state index in [9.17, 15) is 19.6 Å². The summed E-state index contributed by atoms with van der Waals surface area (Å²) in [6.45, 7) is 18.7. The lowest BCUT2D eigenvalue weighted by Gasteiger charge is -2.40. The summed E-state index contributed by atoms with van der Waals surface area (Å²) >= 11 is 0. The number of hydrogen-bond donors (Lipinski definition) is 3. The highest BCUT2D eigenvalue weighted by molar-refractivity contribution is 6.00. The van der Waals surface area contributed by atoms with E-state index in [1.54, 1.807) is 55.0 Å². The van der Waals surface area contributed by atoms with Gasteiger partial charge in [0.1, 0.15) is 28.9 Å². The Balaban J connectivity index is 0.000000211. The van der Waals surface area contributed by atoms with Gasteiger partial charge in [-0.05, 0) is 98.7 Å². The molecule has 2 aromatic heterocycles. The maximum Gasteiger partial charge on any atom is 0.419 e. The molecule has 0 radical (unpaired) electrons. The Labute approximate surface area is 309 Å². The van der Waals surface area contributed by atoms with Crippen molar-refractivity contribution in [1.29, 1.82) is 10.5 Å². The summed E-state index contributed by atoms with van der Waals surface area (Å²) in [4.78, 5) is 43.0. The average Bonchev–Trinajstić information content (AvgIpc) is 3.67. The lowest BCUT2D eigenvalue weighted by Crippen LogP contribution is -2.57. The van der Waals surface area contributed by atoms with Gasteiger partial charge in [0.05, 0.1) is 34.2 Å². The van der Waals surface area contributed by atoms with Crippen LogP contribution < -0.4 is 10.6 Å². The molecule has 2 aliphatic rings. The van der Waals surface area contributed by atoms with Crippen molar-refractivity contribution in [3.8, 4) is 12.1 Å². The largest absolute Gasteiger partial charge is 0.444 e. The highest BCUT2D eigenvalue weighted by Gasteiger charge is 2.35. The van der Waals surface area contributed by atoms with Gasteiger partial charge in [0, 0.05) is 60.7 Å². The minimum atomic E-state index is -0.645. The Hall–Kier alpha value is -5.89. The number of nitrogens with one attached hydrogen (secondary N) is 3. The fraction of sp³-hybridized carbons (Fsp3) is 0.462. The molecule has 0 spiro atoms. The summed E-state index contributed by atoms with van der Waals surface area (Å²) in [5.41, 5.74) is 2.46. The molecule has 4 heterocycles. The van der Waals surface area contributed by atoms with Gasteiger partial charge < -0.3 is 39.6 Å². The number of hydrogen-bond acceptors (Lipinski definition) is 10. The summed E-state index contributed by atoms with van der Waals surface area (Å²) in [5.74, 6) is 0. The lowest BCUT2D eigenvalue weighted by molar-refractivity contribution is 0.00959. The van der Waals surface area contributed by atoms with Crippen LogP contribution in [0.15, 0.2) is 48.8 Å². The van der Waals surface area contributed by atoms with Gasteiger partial charge in [-0.25, -0.2) is 14.4 Å². The monoisotopic (exact) mass is 724 g/mol. The van der Waals surface area contributed by atoms with E-state index in [1.165, 1.54) is 4.57 Å². The van der Waals surface area contributed by atoms with Crippen LogP contribution >= 0.6 is 0 Å². The number of rotatable bonds is 4. The van der Waals surface area contributed by atoms with Crippen LogP contribution in [0.2, 0.25) is 0 Å². The van der Waals surface area contributed by atoms with E-state index in [0.29, 0.717) is 42.8 Å². The summed E-state index contributed by atoms with van der Waals surface area (Å²) in [6, 6.07) is 15.5. The van der Waals surface area contributed by atoms with Gasteiger partial charge in [-0.1, -0.05) is 0 Å². The molecule has 3 N–H and O–H groups in total. The number of benzene rings is 2. The highest BCUT2D eigenvalue weighted by Crippen LogP contribution is 2.31. The number of H-pyrrole nitrogens is 1. The number of nitriles is 2. The molecule has 2 aliphatic heterocycles. The van der Waals surface area contributed by atoms with Crippen molar-refractivity contribution >= 4 is 51.5 Å². The van der Waals surface area contributed by atoms with Crippen molar-refractivity contribution in [2.45, 2.75) is 91.2 Å². The molecule has 0 bridgehead atoms. The second-order valence-corrected chi connectivity index (χ2v) is 16.2. The van der Waals surface area contributed by atoms with Crippen LogP contribution in [0.25, 0.3) is 21.8 Å². The van der Waals surface area contributed by atoms with Gasteiger partial charge in [-0.3, -0.25) is 4.57 Å². The Bertz CT molecular complexity index is 2090. The number of anilines is 2. The van der Waals surface area contributed by atoms with Crippen LogP contribution in [0.1, 0.15) is 73.4 Å². The third-order valence-corrected chi connectivity index (χ3v) is 8.19. The fourth-order valence-electron chi connectivity index (χ4n) is 5.85. The molecule has 2 aromatic carbocycles. The Kier molecular flexibility index (Phi) is 10.6. The zero-order valence-corrected chi connectivity index (χ0v) is 31.8. The topological polar surface area (TPSA) is 178 Å².